The van der Waals surface area contributed by atoms with E-state index in [2.05, 4.69) is 5.32 Å². The zero-order valence-corrected chi connectivity index (χ0v) is 16.1. The maximum atomic E-state index is 11.2. The van der Waals surface area contributed by atoms with Crippen molar-refractivity contribution in [2.24, 2.45) is 5.14 Å². The molecule has 0 saturated carbocycles. The van der Waals surface area contributed by atoms with Crippen molar-refractivity contribution in [2.75, 3.05) is 26.8 Å². The molecule has 148 valence electrons. The van der Waals surface area contributed by atoms with E-state index in [0.29, 0.717) is 26.1 Å². The van der Waals surface area contributed by atoms with Crippen LogP contribution in [0.15, 0.2) is 53.4 Å². The van der Waals surface area contributed by atoms with Crippen LogP contribution in [0.2, 0.25) is 0 Å². The third-order valence-corrected chi connectivity index (χ3v) is 4.91. The highest BCUT2D eigenvalue weighted by molar-refractivity contribution is 7.89. The van der Waals surface area contributed by atoms with Crippen LogP contribution in [0.3, 0.4) is 0 Å². The van der Waals surface area contributed by atoms with Crippen LogP contribution < -0.4 is 15.2 Å². The molecule has 0 aliphatic carbocycles. The molecule has 8 heteroatoms. The van der Waals surface area contributed by atoms with Gasteiger partial charge in [0.05, 0.1) is 31.3 Å². The molecule has 2 aromatic carbocycles. The summed E-state index contributed by atoms with van der Waals surface area (Å²) >= 11 is 0. The molecule has 1 atom stereocenters. The Balaban J connectivity index is 1.64. The number of para-hydroxylation sites is 1. The Kier molecular flexibility index (Phi) is 8.21. The smallest absolute Gasteiger partial charge is 0.238 e. The van der Waals surface area contributed by atoms with Crippen LogP contribution in [-0.2, 0) is 27.8 Å². The van der Waals surface area contributed by atoms with Gasteiger partial charge in [-0.05, 0) is 36.7 Å². The Morgan fingerprint density at radius 2 is 1.85 bits per heavy atom. The first kappa shape index (κ1) is 21.3. The summed E-state index contributed by atoms with van der Waals surface area (Å²) in [4.78, 5) is 0.0989. The summed E-state index contributed by atoms with van der Waals surface area (Å²) in [5.74, 6) is 0.763. The molecule has 0 aromatic heterocycles. The largest absolute Gasteiger partial charge is 0.496 e. The maximum absolute atomic E-state index is 11.2. The molecule has 27 heavy (non-hydrogen) atoms. The molecule has 0 aliphatic rings. The summed E-state index contributed by atoms with van der Waals surface area (Å²) in [6, 6.07) is 14.0. The van der Waals surface area contributed by atoms with Gasteiger partial charge in [-0.2, -0.15) is 0 Å². The van der Waals surface area contributed by atoms with Gasteiger partial charge in [-0.3, -0.25) is 0 Å². The van der Waals surface area contributed by atoms with Gasteiger partial charge < -0.3 is 19.9 Å². The van der Waals surface area contributed by atoms with Gasteiger partial charge in [-0.15, -0.1) is 0 Å². The predicted molar refractivity (Wildman–Crippen MR) is 103 cm³/mol. The molecule has 0 saturated heterocycles. The summed E-state index contributed by atoms with van der Waals surface area (Å²) in [6.45, 7) is 1.64. The molecule has 7 nitrogen and oxygen atoms in total. The second-order valence-electron chi connectivity index (χ2n) is 6.12. The van der Waals surface area contributed by atoms with Crippen LogP contribution in [0.4, 0.5) is 0 Å². The Labute approximate surface area is 160 Å². The summed E-state index contributed by atoms with van der Waals surface area (Å²) < 4.78 is 33.2. The Bertz CT molecular complexity index is 809. The summed E-state index contributed by atoms with van der Waals surface area (Å²) in [5, 5.41) is 18.2. The molecule has 2 rings (SSSR count). The first-order valence-electron chi connectivity index (χ1n) is 8.60. The second-order valence-corrected chi connectivity index (χ2v) is 7.69. The zero-order valence-electron chi connectivity index (χ0n) is 15.3. The van der Waals surface area contributed by atoms with Crippen molar-refractivity contribution < 1.29 is 23.0 Å². The summed E-state index contributed by atoms with van der Waals surface area (Å²) in [5.41, 5.74) is 1.92. The molecule has 0 radical (unpaired) electrons. The summed E-state index contributed by atoms with van der Waals surface area (Å²) in [6.07, 6.45) is 0.0872. The first-order valence-corrected chi connectivity index (χ1v) is 10.1. The van der Waals surface area contributed by atoms with Gasteiger partial charge in [-0.25, -0.2) is 13.6 Å². The van der Waals surface area contributed by atoms with Crippen molar-refractivity contribution >= 4 is 10.0 Å². The monoisotopic (exact) mass is 394 g/mol. The Morgan fingerprint density at radius 3 is 2.52 bits per heavy atom. The molecule has 0 bridgehead atoms. The number of methoxy groups -OCH3 is 1. The van der Waals surface area contributed by atoms with E-state index < -0.39 is 16.1 Å². The highest BCUT2D eigenvalue weighted by Crippen LogP contribution is 2.18. The van der Waals surface area contributed by atoms with E-state index >= 15 is 0 Å². The topological polar surface area (TPSA) is 111 Å². The average molecular weight is 394 g/mol. The van der Waals surface area contributed by atoms with Gasteiger partial charge in [0, 0.05) is 12.1 Å². The number of nitrogens with one attached hydrogen (secondary N) is 1. The van der Waals surface area contributed by atoms with E-state index in [4.69, 9.17) is 14.6 Å². The van der Waals surface area contributed by atoms with Crippen LogP contribution in [0, 0.1) is 0 Å². The summed E-state index contributed by atoms with van der Waals surface area (Å²) in [7, 11) is -2.05. The lowest BCUT2D eigenvalue weighted by atomic mass is 10.1. The van der Waals surface area contributed by atoms with Crippen molar-refractivity contribution in [3.05, 3.63) is 59.7 Å². The molecular weight excluding hydrogens is 368 g/mol. The van der Waals surface area contributed by atoms with Crippen LogP contribution in [-0.4, -0.2) is 46.4 Å². The molecule has 0 amide bonds. The zero-order chi connectivity index (χ0) is 19.7. The highest BCUT2D eigenvalue weighted by Gasteiger charge is 2.08. The van der Waals surface area contributed by atoms with Crippen LogP contribution in [0.1, 0.15) is 11.1 Å². The first-order chi connectivity index (χ1) is 12.9. The molecule has 0 aliphatic heterocycles. The molecule has 0 heterocycles. The molecule has 0 unspecified atom stereocenters. The molecule has 2 aromatic rings. The van der Waals surface area contributed by atoms with E-state index in [1.54, 1.807) is 19.2 Å². The SMILES string of the molecule is COc1ccccc1COC[C@H](O)CNCCc1ccc(S(N)(=O)=O)cc1. The lowest BCUT2D eigenvalue weighted by Gasteiger charge is -2.13. The second kappa shape index (κ2) is 10.4. The fraction of sp³-hybridized carbons (Fsp3) is 0.368. The van der Waals surface area contributed by atoms with Gasteiger partial charge >= 0.3 is 0 Å². The number of nitrogens with two attached hydrogens (primary N) is 1. The maximum Gasteiger partial charge on any atom is 0.238 e. The average Bonchev–Trinajstić information content (AvgIpc) is 2.65. The van der Waals surface area contributed by atoms with Gasteiger partial charge in [0.25, 0.3) is 0 Å². The van der Waals surface area contributed by atoms with Gasteiger partial charge in [0.2, 0.25) is 10.0 Å². The molecule has 4 N–H and O–H groups in total. The number of primary sulfonamides is 1. The number of aliphatic hydroxyl groups excluding tert-OH is 1. The minimum atomic E-state index is -3.66. The van der Waals surface area contributed by atoms with Crippen molar-refractivity contribution in [1.82, 2.24) is 5.32 Å². The van der Waals surface area contributed by atoms with E-state index in [-0.39, 0.29) is 11.5 Å². The minimum Gasteiger partial charge on any atom is -0.496 e. The van der Waals surface area contributed by atoms with E-state index in [1.807, 2.05) is 24.3 Å². The quantitative estimate of drug-likeness (QED) is 0.492. The number of ether oxygens (including phenoxy) is 2. The fourth-order valence-corrected chi connectivity index (χ4v) is 3.05. The van der Waals surface area contributed by atoms with E-state index in [1.165, 1.54) is 12.1 Å². The van der Waals surface area contributed by atoms with E-state index in [9.17, 15) is 13.5 Å². The lowest BCUT2D eigenvalue weighted by molar-refractivity contribution is 0.0283. The number of benzene rings is 2. The van der Waals surface area contributed by atoms with Crippen LogP contribution in [0.25, 0.3) is 0 Å². The minimum absolute atomic E-state index is 0.0989. The van der Waals surface area contributed by atoms with Crippen molar-refractivity contribution in [2.45, 2.75) is 24.0 Å². The molecule has 0 spiro atoms. The molecule has 0 fully saturated rings. The standard InChI is InChI=1S/C19H26N2O5S/c1-25-19-5-3-2-4-16(19)13-26-14-17(22)12-21-11-10-15-6-8-18(9-7-15)27(20,23)24/h2-9,17,21-22H,10-14H2,1H3,(H2,20,23,24)/t17-/m1/s1. The van der Waals surface area contributed by atoms with Gasteiger partial charge in [-0.1, -0.05) is 30.3 Å². The Hall–Kier alpha value is -1.97. The fourth-order valence-electron chi connectivity index (χ4n) is 2.53. The third-order valence-electron chi connectivity index (χ3n) is 3.98. The lowest BCUT2D eigenvalue weighted by Crippen LogP contribution is -2.31. The number of sulfonamides is 1. The van der Waals surface area contributed by atoms with Crippen LogP contribution in [0.5, 0.6) is 5.75 Å². The van der Waals surface area contributed by atoms with Gasteiger partial charge in [0.15, 0.2) is 0 Å². The van der Waals surface area contributed by atoms with Crippen molar-refractivity contribution in [3.63, 3.8) is 0 Å². The molecular formula is C19H26N2O5S. The van der Waals surface area contributed by atoms with Gasteiger partial charge in [0.1, 0.15) is 5.75 Å². The number of hydrogen-bond donors (Lipinski definition) is 3. The van der Waals surface area contributed by atoms with E-state index in [0.717, 1.165) is 16.9 Å². The number of rotatable bonds is 11. The normalized spacial score (nSPS) is 12.7. The predicted octanol–water partition coefficient (Wildman–Crippen LogP) is 1.05. The van der Waals surface area contributed by atoms with Crippen molar-refractivity contribution in [1.29, 1.82) is 0 Å². The highest BCUT2D eigenvalue weighted by atomic mass is 32.2. The Morgan fingerprint density at radius 1 is 1.15 bits per heavy atom. The van der Waals surface area contributed by atoms with Crippen molar-refractivity contribution in [3.8, 4) is 5.75 Å². The third kappa shape index (κ3) is 7.28. The number of hydrogen-bond acceptors (Lipinski definition) is 6. The van der Waals surface area contributed by atoms with Crippen LogP contribution >= 0.6 is 0 Å². The number of aliphatic hydroxyl groups is 1.